The van der Waals surface area contributed by atoms with Crippen LogP contribution < -0.4 is 9.47 Å². The van der Waals surface area contributed by atoms with E-state index in [-0.39, 0.29) is 17.9 Å². The number of carbonyl (C=O) groups is 1. The number of rotatable bonds is 6. The lowest BCUT2D eigenvalue weighted by Crippen LogP contribution is -2.44. The first-order chi connectivity index (χ1) is 16.2. The maximum atomic E-state index is 13.6. The van der Waals surface area contributed by atoms with Crippen molar-refractivity contribution in [3.05, 3.63) is 90.0 Å². The summed E-state index contributed by atoms with van der Waals surface area (Å²) in [5.74, 6) is 0.679. The molecule has 0 aliphatic carbocycles. The number of nitrogens with zero attached hydrogens (tertiary/aromatic N) is 2. The number of thiazole rings is 1. The predicted molar refractivity (Wildman–Crippen MR) is 131 cm³/mol. The summed E-state index contributed by atoms with van der Waals surface area (Å²) in [5, 5.41) is 0.675. The van der Waals surface area contributed by atoms with E-state index in [1.54, 1.807) is 7.11 Å². The molecule has 1 aliphatic heterocycles. The van der Waals surface area contributed by atoms with Gasteiger partial charge in [-0.2, -0.15) is 0 Å². The van der Waals surface area contributed by atoms with Crippen LogP contribution in [0.2, 0.25) is 0 Å². The average molecular weight is 459 g/mol. The van der Waals surface area contributed by atoms with Crippen molar-refractivity contribution in [2.75, 3.05) is 20.2 Å². The van der Waals surface area contributed by atoms with Crippen molar-refractivity contribution in [2.24, 2.45) is 0 Å². The molecule has 1 aliphatic rings. The molecule has 5 rings (SSSR count). The van der Waals surface area contributed by atoms with Gasteiger partial charge in [-0.05, 0) is 29.3 Å². The predicted octanol–water partition coefficient (Wildman–Crippen LogP) is 5.51. The van der Waals surface area contributed by atoms with Crippen LogP contribution in [0.3, 0.4) is 0 Å². The van der Waals surface area contributed by atoms with Crippen LogP contribution in [0.5, 0.6) is 10.9 Å². The molecule has 1 saturated heterocycles. The number of piperidine rings is 1. The zero-order valence-electron chi connectivity index (χ0n) is 18.5. The van der Waals surface area contributed by atoms with Crippen molar-refractivity contribution >= 4 is 27.5 Å². The van der Waals surface area contributed by atoms with Gasteiger partial charge in [0, 0.05) is 25.9 Å². The van der Waals surface area contributed by atoms with Crippen LogP contribution in [0.25, 0.3) is 10.2 Å². The second-order valence-corrected chi connectivity index (χ2v) is 9.20. The normalized spacial score (nSPS) is 14.5. The summed E-state index contributed by atoms with van der Waals surface area (Å²) in [7, 11) is 1.66. The van der Waals surface area contributed by atoms with Crippen molar-refractivity contribution in [3.8, 4) is 10.9 Å². The number of aromatic nitrogens is 1. The number of benzene rings is 3. The minimum absolute atomic E-state index is 0.0587. The summed E-state index contributed by atoms with van der Waals surface area (Å²) >= 11 is 1.53. The van der Waals surface area contributed by atoms with E-state index in [4.69, 9.17) is 9.47 Å². The third-order valence-corrected chi connectivity index (χ3v) is 7.02. The van der Waals surface area contributed by atoms with Crippen LogP contribution in [-0.2, 0) is 4.79 Å². The molecule has 2 heterocycles. The Bertz CT molecular complexity index is 1180. The summed E-state index contributed by atoms with van der Waals surface area (Å²) in [5.41, 5.74) is 2.96. The Morgan fingerprint density at radius 2 is 1.61 bits per heavy atom. The number of likely N-dealkylation sites (tertiary alicyclic amines) is 1. The number of hydrogen-bond donors (Lipinski definition) is 0. The fourth-order valence-electron chi connectivity index (χ4n) is 4.35. The van der Waals surface area contributed by atoms with Gasteiger partial charge in [0.05, 0.1) is 23.2 Å². The summed E-state index contributed by atoms with van der Waals surface area (Å²) in [6.45, 7) is 1.36. The van der Waals surface area contributed by atoms with Gasteiger partial charge in [-0.25, -0.2) is 4.98 Å². The van der Waals surface area contributed by atoms with Crippen molar-refractivity contribution in [2.45, 2.75) is 24.9 Å². The molecule has 1 amide bonds. The van der Waals surface area contributed by atoms with Gasteiger partial charge in [0.1, 0.15) is 11.9 Å². The molecule has 0 radical (unpaired) electrons. The number of carbonyl (C=O) groups excluding carboxylic acids is 1. The molecule has 3 aromatic carbocycles. The topological polar surface area (TPSA) is 51.7 Å². The Balaban J connectivity index is 1.26. The monoisotopic (exact) mass is 458 g/mol. The van der Waals surface area contributed by atoms with Crippen LogP contribution in [0.1, 0.15) is 29.9 Å². The van der Waals surface area contributed by atoms with Gasteiger partial charge in [0.2, 0.25) is 5.91 Å². The van der Waals surface area contributed by atoms with Crippen molar-refractivity contribution in [1.82, 2.24) is 9.88 Å². The largest absolute Gasteiger partial charge is 0.497 e. The average Bonchev–Trinajstić information content (AvgIpc) is 3.27. The second-order valence-electron chi connectivity index (χ2n) is 8.21. The number of amides is 1. The highest BCUT2D eigenvalue weighted by Crippen LogP contribution is 2.33. The quantitative estimate of drug-likeness (QED) is 0.382. The van der Waals surface area contributed by atoms with E-state index in [1.165, 1.54) is 11.3 Å². The smallest absolute Gasteiger partial charge is 0.274 e. The summed E-state index contributed by atoms with van der Waals surface area (Å²) < 4.78 is 12.5. The molecule has 168 valence electrons. The number of methoxy groups -OCH3 is 1. The van der Waals surface area contributed by atoms with Gasteiger partial charge >= 0.3 is 0 Å². The summed E-state index contributed by atoms with van der Waals surface area (Å²) in [4.78, 5) is 20.2. The Morgan fingerprint density at radius 1 is 0.970 bits per heavy atom. The van der Waals surface area contributed by atoms with E-state index in [9.17, 15) is 4.79 Å². The zero-order chi connectivity index (χ0) is 22.6. The lowest BCUT2D eigenvalue weighted by Gasteiger charge is -2.34. The summed E-state index contributed by atoms with van der Waals surface area (Å²) in [6, 6.07) is 25.9. The molecule has 0 spiro atoms. The number of ether oxygens (including phenoxy) is 2. The van der Waals surface area contributed by atoms with Crippen LogP contribution in [0.15, 0.2) is 78.9 Å². The molecule has 0 atom stereocenters. The van der Waals surface area contributed by atoms with Gasteiger partial charge < -0.3 is 14.4 Å². The third-order valence-electron chi connectivity index (χ3n) is 6.11. The minimum atomic E-state index is -0.288. The van der Waals surface area contributed by atoms with Crippen LogP contribution in [-0.4, -0.2) is 42.1 Å². The van der Waals surface area contributed by atoms with E-state index in [1.807, 2.05) is 83.8 Å². The standard InChI is InChI=1S/C27H26N2O3S/c1-31-22-12-13-23-24(18-22)33-27(28-23)32-21-14-16-29(17-15-21)26(30)25(19-8-4-2-5-9-19)20-10-6-3-7-11-20/h2-13,18,21,25H,14-17H2,1H3. The Kier molecular flexibility index (Phi) is 6.26. The maximum Gasteiger partial charge on any atom is 0.274 e. The van der Waals surface area contributed by atoms with E-state index in [0.717, 1.165) is 39.9 Å². The molecule has 1 fully saturated rings. The van der Waals surface area contributed by atoms with Crippen molar-refractivity contribution in [1.29, 1.82) is 0 Å². The van der Waals surface area contributed by atoms with Gasteiger partial charge in [-0.15, -0.1) is 0 Å². The maximum absolute atomic E-state index is 13.6. The number of hydrogen-bond acceptors (Lipinski definition) is 5. The molecular formula is C27H26N2O3S. The van der Waals surface area contributed by atoms with Crippen molar-refractivity contribution in [3.63, 3.8) is 0 Å². The first-order valence-electron chi connectivity index (χ1n) is 11.2. The Hall–Kier alpha value is -3.38. The van der Waals surface area contributed by atoms with Gasteiger partial charge in [0.25, 0.3) is 5.19 Å². The van der Waals surface area contributed by atoms with E-state index >= 15 is 0 Å². The molecule has 5 nitrogen and oxygen atoms in total. The third kappa shape index (κ3) is 4.71. The highest BCUT2D eigenvalue weighted by Gasteiger charge is 2.31. The van der Waals surface area contributed by atoms with Gasteiger partial charge in [0.15, 0.2) is 0 Å². The van der Waals surface area contributed by atoms with Gasteiger partial charge in [-0.1, -0.05) is 72.0 Å². The van der Waals surface area contributed by atoms with E-state index in [2.05, 4.69) is 4.98 Å². The SMILES string of the molecule is COc1ccc2nc(OC3CCN(C(=O)C(c4ccccc4)c4ccccc4)CC3)sc2c1. The minimum Gasteiger partial charge on any atom is -0.497 e. The molecule has 0 N–H and O–H groups in total. The number of fused-ring (bicyclic) bond motifs is 1. The molecule has 4 aromatic rings. The highest BCUT2D eigenvalue weighted by molar-refractivity contribution is 7.20. The molecule has 0 bridgehead atoms. The van der Waals surface area contributed by atoms with E-state index in [0.29, 0.717) is 18.3 Å². The fourth-order valence-corrected chi connectivity index (χ4v) is 5.26. The Labute approximate surface area is 197 Å². The highest BCUT2D eigenvalue weighted by atomic mass is 32.1. The molecule has 6 heteroatoms. The van der Waals surface area contributed by atoms with Gasteiger partial charge in [-0.3, -0.25) is 4.79 Å². The van der Waals surface area contributed by atoms with Crippen molar-refractivity contribution < 1.29 is 14.3 Å². The zero-order valence-corrected chi connectivity index (χ0v) is 19.3. The molecule has 0 saturated carbocycles. The molecule has 1 aromatic heterocycles. The first-order valence-corrected chi connectivity index (χ1v) is 12.0. The first kappa shape index (κ1) is 21.5. The lowest BCUT2D eigenvalue weighted by atomic mass is 9.89. The Morgan fingerprint density at radius 3 is 2.21 bits per heavy atom. The molecule has 0 unspecified atom stereocenters. The van der Waals surface area contributed by atoms with Crippen LogP contribution in [0, 0.1) is 0 Å². The molecular weight excluding hydrogens is 432 g/mol. The molecule has 33 heavy (non-hydrogen) atoms. The second kappa shape index (κ2) is 9.63. The lowest BCUT2D eigenvalue weighted by molar-refractivity contribution is -0.133. The van der Waals surface area contributed by atoms with Crippen LogP contribution >= 0.6 is 11.3 Å². The van der Waals surface area contributed by atoms with Crippen LogP contribution in [0.4, 0.5) is 0 Å². The fraction of sp³-hybridized carbons (Fsp3) is 0.259. The summed E-state index contributed by atoms with van der Waals surface area (Å²) in [6.07, 6.45) is 1.64. The van der Waals surface area contributed by atoms with E-state index < -0.39 is 0 Å².